The molecule has 0 aliphatic carbocycles. The van der Waals surface area contributed by atoms with E-state index >= 15 is 0 Å². The molecule has 0 aliphatic heterocycles. The maximum absolute atomic E-state index is 12.3. The van der Waals surface area contributed by atoms with Crippen LogP contribution in [0.2, 0.25) is 0 Å². The molecule has 0 bridgehead atoms. The molecule has 0 saturated carbocycles. The first-order chi connectivity index (χ1) is 19.3. The molecule has 0 radical (unpaired) electrons. The Morgan fingerprint density at radius 2 is 0.829 bits per heavy atom. The summed E-state index contributed by atoms with van der Waals surface area (Å²) in [7, 11) is 0. The fraction of sp³-hybridized carbons (Fsp3) is 0.257. The molecule has 6 heteroatoms. The zero-order chi connectivity index (χ0) is 29.6. The second kappa shape index (κ2) is 12.3. The Bertz CT molecular complexity index is 1350. The molecule has 0 aliphatic rings. The third-order valence-corrected chi connectivity index (χ3v) is 6.67. The quantitative estimate of drug-likeness (QED) is 0.251. The number of amides is 2. The van der Waals surface area contributed by atoms with Crippen LogP contribution >= 0.6 is 0 Å². The van der Waals surface area contributed by atoms with E-state index in [4.69, 9.17) is 9.47 Å². The van der Waals surface area contributed by atoms with Gasteiger partial charge in [0.1, 0.15) is 11.5 Å². The molecule has 0 saturated heterocycles. The van der Waals surface area contributed by atoms with Crippen LogP contribution in [-0.4, -0.2) is 12.2 Å². The monoisotopic (exact) mass is 550 g/mol. The van der Waals surface area contributed by atoms with Crippen LogP contribution in [0.4, 0.5) is 21.0 Å². The van der Waals surface area contributed by atoms with Crippen molar-refractivity contribution in [1.29, 1.82) is 0 Å². The van der Waals surface area contributed by atoms with Crippen molar-refractivity contribution in [3.8, 4) is 11.5 Å². The lowest BCUT2D eigenvalue weighted by molar-refractivity contribution is 0.214. The largest absolute Gasteiger partial charge is 0.417 e. The number of nitrogens with one attached hydrogen (secondary N) is 2. The maximum Gasteiger partial charge on any atom is 0.417 e. The van der Waals surface area contributed by atoms with Gasteiger partial charge in [0, 0.05) is 11.4 Å². The van der Waals surface area contributed by atoms with E-state index in [0.717, 1.165) is 11.1 Å². The van der Waals surface area contributed by atoms with Gasteiger partial charge in [0.05, 0.1) is 0 Å². The van der Waals surface area contributed by atoms with Crippen molar-refractivity contribution in [3.63, 3.8) is 0 Å². The van der Waals surface area contributed by atoms with Gasteiger partial charge >= 0.3 is 12.2 Å². The average Bonchev–Trinajstić information content (AvgIpc) is 2.90. The van der Waals surface area contributed by atoms with Crippen LogP contribution in [0.1, 0.15) is 63.8 Å². The topological polar surface area (TPSA) is 76.7 Å². The predicted molar refractivity (Wildman–Crippen MR) is 165 cm³/mol. The first-order valence-corrected chi connectivity index (χ1v) is 13.7. The summed E-state index contributed by atoms with van der Waals surface area (Å²) >= 11 is 0. The number of hydrogen-bond acceptors (Lipinski definition) is 4. The van der Waals surface area contributed by atoms with Gasteiger partial charge in [-0.15, -0.1) is 0 Å². The molecule has 0 unspecified atom stereocenters. The predicted octanol–water partition coefficient (Wildman–Crippen LogP) is 9.09. The van der Waals surface area contributed by atoms with E-state index in [2.05, 4.69) is 52.2 Å². The zero-order valence-corrected chi connectivity index (χ0v) is 24.6. The molecule has 0 atom stereocenters. The number of benzene rings is 4. The average molecular weight is 551 g/mol. The minimum atomic E-state index is -0.537. The summed E-state index contributed by atoms with van der Waals surface area (Å²) in [5.74, 6) is 0.987. The van der Waals surface area contributed by atoms with Gasteiger partial charge in [-0.05, 0) is 88.0 Å². The van der Waals surface area contributed by atoms with Gasteiger partial charge in [0.2, 0.25) is 0 Å². The smallest absolute Gasteiger partial charge is 0.410 e. The molecule has 4 aromatic carbocycles. The summed E-state index contributed by atoms with van der Waals surface area (Å²) in [4.78, 5) is 24.7. The van der Waals surface area contributed by atoms with Crippen LogP contribution < -0.4 is 20.1 Å². The summed E-state index contributed by atoms with van der Waals surface area (Å²) in [6.07, 6.45) is -0.370. The van der Waals surface area contributed by atoms with Gasteiger partial charge < -0.3 is 9.47 Å². The van der Waals surface area contributed by atoms with Crippen molar-refractivity contribution in [2.24, 2.45) is 0 Å². The molecule has 4 rings (SSSR count). The first-order valence-electron chi connectivity index (χ1n) is 13.7. The van der Waals surface area contributed by atoms with Crippen LogP contribution in [0.25, 0.3) is 0 Å². The Balaban J connectivity index is 1.25. The standard InChI is InChI=1S/C35H38N2O4/c1-34(2,3)26-11-19-30(20-12-26)40-32(38)36-28-15-7-24(8-16-28)23-25-9-17-29(18-10-25)37-33(39)41-31-21-13-27(14-22-31)35(4,5)6/h7-22H,23H2,1-6H3,(H,36,38)(H,37,39). The third kappa shape index (κ3) is 8.70. The minimum Gasteiger partial charge on any atom is -0.410 e. The molecule has 6 nitrogen and oxygen atoms in total. The van der Waals surface area contributed by atoms with Crippen molar-refractivity contribution in [2.45, 2.75) is 58.8 Å². The molecule has 0 heterocycles. The lowest BCUT2D eigenvalue weighted by Gasteiger charge is -2.19. The highest BCUT2D eigenvalue weighted by Crippen LogP contribution is 2.26. The van der Waals surface area contributed by atoms with Crippen LogP contribution in [0.5, 0.6) is 11.5 Å². The summed E-state index contributed by atoms with van der Waals surface area (Å²) < 4.78 is 10.8. The molecule has 4 aromatic rings. The van der Waals surface area contributed by atoms with E-state index in [0.29, 0.717) is 29.3 Å². The van der Waals surface area contributed by atoms with E-state index in [1.165, 1.54) is 11.1 Å². The molecule has 41 heavy (non-hydrogen) atoms. The lowest BCUT2D eigenvalue weighted by Crippen LogP contribution is -2.17. The molecule has 2 N–H and O–H groups in total. The normalized spacial score (nSPS) is 11.5. The summed E-state index contributed by atoms with van der Waals surface area (Å²) in [6, 6.07) is 30.3. The molecule has 0 aromatic heterocycles. The van der Waals surface area contributed by atoms with Gasteiger partial charge in [0.25, 0.3) is 0 Å². The Morgan fingerprint density at radius 3 is 1.12 bits per heavy atom. The van der Waals surface area contributed by atoms with Crippen LogP contribution in [0.3, 0.4) is 0 Å². The number of carbonyl (C=O) groups is 2. The van der Waals surface area contributed by atoms with Crippen molar-refractivity contribution in [1.82, 2.24) is 0 Å². The van der Waals surface area contributed by atoms with Crippen LogP contribution in [0.15, 0.2) is 97.1 Å². The minimum absolute atomic E-state index is 0.0369. The maximum atomic E-state index is 12.3. The Hall–Kier alpha value is -4.58. The number of anilines is 2. The van der Waals surface area contributed by atoms with Gasteiger partial charge in [0.15, 0.2) is 0 Å². The lowest BCUT2D eigenvalue weighted by atomic mass is 9.87. The van der Waals surface area contributed by atoms with Gasteiger partial charge in [-0.25, -0.2) is 9.59 Å². The number of rotatable bonds is 6. The van der Waals surface area contributed by atoms with Crippen LogP contribution in [-0.2, 0) is 17.3 Å². The van der Waals surface area contributed by atoms with E-state index < -0.39 is 12.2 Å². The van der Waals surface area contributed by atoms with Crippen LogP contribution in [0, 0.1) is 0 Å². The van der Waals surface area contributed by atoms with Crippen molar-refractivity contribution in [3.05, 3.63) is 119 Å². The SMILES string of the molecule is CC(C)(C)c1ccc(OC(=O)Nc2ccc(Cc3ccc(NC(=O)Oc4ccc(C(C)(C)C)cc4)cc3)cc2)cc1. The van der Waals surface area contributed by atoms with Crippen molar-refractivity contribution >= 4 is 23.6 Å². The van der Waals surface area contributed by atoms with E-state index in [-0.39, 0.29) is 10.8 Å². The summed E-state index contributed by atoms with van der Waals surface area (Å²) in [5, 5.41) is 5.53. The molecule has 0 spiro atoms. The van der Waals surface area contributed by atoms with Gasteiger partial charge in [-0.2, -0.15) is 0 Å². The fourth-order valence-corrected chi connectivity index (χ4v) is 4.19. The highest BCUT2D eigenvalue weighted by Gasteiger charge is 2.15. The third-order valence-electron chi connectivity index (χ3n) is 6.67. The number of carbonyl (C=O) groups excluding carboxylic acids is 2. The second-order valence-electron chi connectivity index (χ2n) is 12.1. The Kier molecular flexibility index (Phi) is 8.82. The number of ether oxygens (including phenoxy) is 2. The molecular formula is C35H38N2O4. The second-order valence-corrected chi connectivity index (χ2v) is 12.1. The van der Waals surface area contributed by atoms with Gasteiger partial charge in [-0.1, -0.05) is 90.1 Å². The molecule has 2 amide bonds. The summed E-state index contributed by atoms with van der Waals surface area (Å²) in [6.45, 7) is 12.8. The molecule has 212 valence electrons. The summed E-state index contributed by atoms with van der Waals surface area (Å²) in [5.41, 5.74) is 5.89. The van der Waals surface area contributed by atoms with Crippen molar-refractivity contribution < 1.29 is 19.1 Å². The zero-order valence-electron chi connectivity index (χ0n) is 24.6. The highest BCUT2D eigenvalue weighted by molar-refractivity contribution is 5.87. The molecular weight excluding hydrogens is 512 g/mol. The van der Waals surface area contributed by atoms with E-state index in [9.17, 15) is 9.59 Å². The fourth-order valence-electron chi connectivity index (χ4n) is 4.19. The highest BCUT2D eigenvalue weighted by atomic mass is 16.6. The van der Waals surface area contributed by atoms with Crippen molar-refractivity contribution in [2.75, 3.05) is 10.6 Å². The van der Waals surface area contributed by atoms with E-state index in [1.807, 2.05) is 72.8 Å². The Morgan fingerprint density at radius 1 is 0.512 bits per heavy atom. The Labute approximate surface area is 242 Å². The number of hydrogen-bond donors (Lipinski definition) is 2. The van der Waals surface area contributed by atoms with Gasteiger partial charge in [-0.3, -0.25) is 10.6 Å². The first kappa shape index (κ1) is 29.4. The molecule has 0 fully saturated rings. The van der Waals surface area contributed by atoms with E-state index in [1.54, 1.807) is 24.3 Å².